The summed E-state index contributed by atoms with van der Waals surface area (Å²) in [6, 6.07) is 9.81. The molecule has 6 heteroatoms. The molecule has 1 aliphatic heterocycles. The maximum absolute atomic E-state index is 13.5. The monoisotopic (exact) mass is 299 g/mol. The Bertz CT molecular complexity index is 485. The average Bonchev–Trinajstić information content (AvgIpc) is 2.47. The molecule has 2 N–H and O–H groups in total. The highest BCUT2D eigenvalue weighted by atomic mass is 19.3. The van der Waals surface area contributed by atoms with E-state index in [1.54, 1.807) is 0 Å². The molecule has 2 rings (SSSR count). The number of carbonyl (C=O) groups is 1. The van der Waals surface area contributed by atoms with Gasteiger partial charge in [-0.2, -0.15) is 8.78 Å². The highest BCUT2D eigenvalue weighted by Crippen LogP contribution is 2.37. The summed E-state index contributed by atoms with van der Waals surface area (Å²) in [4.78, 5) is 12.6. The molecule has 1 aromatic rings. The second-order valence-corrected chi connectivity index (χ2v) is 5.49. The lowest BCUT2D eigenvalue weighted by Crippen LogP contribution is -2.58. The van der Waals surface area contributed by atoms with E-state index >= 15 is 0 Å². The molecule has 0 bridgehead atoms. The Hall–Kier alpha value is -1.53. The number of rotatable bonds is 5. The summed E-state index contributed by atoms with van der Waals surface area (Å²) >= 11 is 0. The van der Waals surface area contributed by atoms with Gasteiger partial charge in [0.05, 0.1) is 0 Å². The van der Waals surface area contributed by atoms with Gasteiger partial charge in [0.2, 0.25) is 0 Å². The minimum atomic E-state index is -4.10. The number of hydrogen-bond acceptors (Lipinski definition) is 3. The number of carboxylic acid groups (broad SMARTS) is 1. The van der Waals surface area contributed by atoms with E-state index in [1.165, 1.54) is 0 Å². The van der Waals surface area contributed by atoms with Crippen molar-refractivity contribution in [2.75, 3.05) is 19.6 Å². The predicted octanol–water partition coefficient (Wildman–Crippen LogP) is 1.78. The van der Waals surface area contributed by atoms with Gasteiger partial charge in [-0.15, -0.1) is 0 Å². The lowest BCUT2D eigenvalue weighted by atomic mass is 9.85. The van der Waals surface area contributed by atoms with Crippen molar-refractivity contribution >= 4 is 5.97 Å². The molecule has 0 aromatic heterocycles. The van der Waals surface area contributed by atoms with Crippen LogP contribution in [0.1, 0.15) is 18.4 Å². The first-order valence-corrected chi connectivity index (χ1v) is 6.95. The normalized spacial score (nSPS) is 19.4. The number of nitrogens with zero attached hydrogens (tertiary/aromatic N) is 1. The largest absolute Gasteiger partial charge is 0.477 e. The third-order valence-electron chi connectivity index (χ3n) is 4.10. The van der Waals surface area contributed by atoms with E-state index in [9.17, 15) is 18.7 Å². The summed E-state index contributed by atoms with van der Waals surface area (Å²) in [6.45, 7) is 1.25. The van der Waals surface area contributed by atoms with Gasteiger partial charge in [-0.1, -0.05) is 30.3 Å². The Kier molecular flexibility index (Phi) is 4.58. The maximum Gasteiger partial charge on any atom is 0.377 e. The fourth-order valence-corrected chi connectivity index (χ4v) is 2.59. The van der Waals surface area contributed by atoms with Crippen LogP contribution in [0.4, 0.5) is 8.78 Å². The van der Waals surface area contributed by atoms with Crippen LogP contribution in [0.3, 0.4) is 0 Å². The van der Waals surface area contributed by atoms with Crippen molar-refractivity contribution in [1.29, 1.82) is 0 Å². The van der Waals surface area contributed by atoms with Gasteiger partial charge in [0.15, 0.2) is 0 Å². The number of aliphatic carboxylic acids is 1. The topological polar surface area (TPSA) is 60.8 Å². The third kappa shape index (κ3) is 3.39. The van der Waals surface area contributed by atoms with Crippen molar-refractivity contribution in [1.82, 2.24) is 4.90 Å². The molecule has 4 nitrogen and oxygen atoms in total. The van der Waals surface area contributed by atoms with Crippen molar-refractivity contribution in [3.63, 3.8) is 0 Å². The number of likely N-dealkylation sites (tertiary alicyclic amines) is 1. The Morgan fingerprint density at radius 1 is 1.24 bits per heavy atom. The van der Waals surface area contributed by atoms with Crippen LogP contribution < -0.4 is 0 Å². The summed E-state index contributed by atoms with van der Waals surface area (Å²) in [5.74, 6) is -6.36. The van der Waals surface area contributed by atoms with Crippen molar-refractivity contribution in [3.05, 3.63) is 35.9 Å². The molecule has 116 valence electrons. The van der Waals surface area contributed by atoms with Crippen molar-refractivity contribution < 1.29 is 23.8 Å². The van der Waals surface area contributed by atoms with E-state index < -0.39 is 17.5 Å². The number of aliphatic hydroxyl groups is 1. The summed E-state index contributed by atoms with van der Waals surface area (Å²) in [6.07, 6.45) is 0.330. The Labute approximate surface area is 122 Å². The molecular weight excluding hydrogens is 280 g/mol. The third-order valence-corrected chi connectivity index (χ3v) is 4.10. The zero-order chi connectivity index (χ0) is 15.5. The smallest absolute Gasteiger partial charge is 0.377 e. The zero-order valence-corrected chi connectivity index (χ0v) is 11.6. The molecule has 0 unspecified atom stereocenters. The Morgan fingerprint density at radius 2 is 1.81 bits per heavy atom. The molecule has 0 spiro atoms. The molecule has 1 aliphatic rings. The molecular formula is C15H19F2NO3. The van der Waals surface area contributed by atoms with Crippen molar-refractivity contribution in [2.24, 2.45) is 0 Å². The summed E-state index contributed by atoms with van der Waals surface area (Å²) < 4.78 is 27.1. The highest BCUT2D eigenvalue weighted by Gasteiger charge is 2.59. The van der Waals surface area contributed by atoms with Gasteiger partial charge in [0.25, 0.3) is 0 Å². The van der Waals surface area contributed by atoms with Crippen molar-refractivity contribution in [3.8, 4) is 0 Å². The summed E-state index contributed by atoms with van der Waals surface area (Å²) in [5.41, 5.74) is -1.28. The van der Waals surface area contributed by atoms with E-state index in [2.05, 4.69) is 0 Å². The highest BCUT2D eigenvalue weighted by molar-refractivity contribution is 5.77. The molecule has 1 aromatic carbocycles. The SMILES string of the molecule is O=C(O)C(F)(F)C1(O)CCN(CCc2ccccc2)CC1. The van der Waals surface area contributed by atoms with E-state index in [4.69, 9.17) is 5.11 Å². The van der Waals surface area contributed by atoms with Gasteiger partial charge < -0.3 is 15.1 Å². The first kappa shape index (κ1) is 15.9. The van der Waals surface area contributed by atoms with E-state index in [1.807, 2.05) is 35.2 Å². The lowest BCUT2D eigenvalue weighted by molar-refractivity contribution is -0.218. The van der Waals surface area contributed by atoms with Crippen LogP contribution in [0.5, 0.6) is 0 Å². The zero-order valence-electron chi connectivity index (χ0n) is 11.6. The Morgan fingerprint density at radius 3 is 2.33 bits per heavy atom. The van der Waals surface area contributed by atoms with Crippen LogP contribution in [0.2, 0.25) is 0 Å². The van der Waals surface area contributed by atoms with Gasteiger partial charge in [0.1, 0.15) is 5.60 Å². The van der Waals surface area contributed by atoms with E-state index in [0.717, 1.165) is 12.0 Å². The van der Waals surface area contributed by atoms with Crippen LogP contribution in [0.25, 0.3) is 0 Å². The minimum absolute atomic E-state index is 0.235. The molecule has 1 saturated heterocycles. The molecule has 0 amide bonds. The number of piperidine rings is 1. The minimum Gasteiger partial charge on any atom is -0.477 e. The van der Waals surface area contributed by atoms with Crippen molar-refractivity contribution in [2.45, 2.75) is 30.8 Å². The quantitative estimate of drug-likeness (QED) is 0.870. The second-order valence-electron chi connectivity index (χ2n) is 5.49. The number of hydrogen-bond donors (Lipinski definition) is 2. The number of alkyl halides is 2. The standard InChI is InChI=1S/C15H19F2NO3/c16-15(17,13(19)20)14(21)7-10-18(11-8-14)9-6-12-4-2-1-3-5-12/h1-5,21H,6-11H2,(H,19,20). The van der Waals surface area contributed by atoms with Crippen LogP contribution in [0.15, 0.2) is 30.3 Å². The molecule has 1 fully saturated rings. The molecule has 21 heavy (non-hydrogen) atoms. The first-order valence-electron chi connectivity index (χ1n) is 6.95. The maximum atomic E-state index is 13.5. The Balaban J connectivity index is 1.87. The fourth-order valence-electron chi connectivity index (χ4n) is 2.59. The van der Waals surface area contributed by atoms with Gasteiger partial charge in [-0.25, -0.2) is 4.79 Å². The second kappa shape index (κ2) is 6.07. The van der Waals surface area contributed by atoms with Crippen LogP contribution in [-0.2, 0) is 11.2 Å². The first-order chi connectivity index (χ1) is 9.85. The molecule has 0 aliphatic carbocycles. The van der Waals surface area contributed by atoms with Gasteiger partial charge in [-0.3, -0.25) is 0 Å². The summed E-state index contributed by atoms with van der Waals surface area (Å²) in [7, 11) is 0. The number of halogens is 2. The molecule has 1 heterocycles. The van der Waals surface area contributed by atoms with Crippen LogP contribution in [0, 0.1) is 0 Å². The average molecular weight is 299 g/mol. The van der Waals surface area contributed by atoms with Crippen LogP contribution in [-0.4, -0.2) is 52.2 Å². The van der Waals surface area contributed by atoms with E-state index in [-0.39, 0.29) is 25.9 Å². The summed E-state index contributed by atoms with van der Waals surface area (Å²) in [5, 5.41) is 18.5. The number of benzene rings is 1. The molecule has 0 radical (unpaired) electrons. The fraction of sp³-hybridized carbons (Fsp3) is 0.533. The lowest BCUT2D eigenvalue weighted by Gasteiger charge is -2.40. The number of carboxylic acids is 1. The van der Waals surface area contributed by atoms with Gasteiger partial charge >= 0.3 is 11.9 Å². The van der Waals surface area contributed by atoms with Crippen LogP contribution >= 0.6 is 0 Å². The molecule has 0 saturated carbocycles. The molecule has 0 atom stereocenters. The van der Waals surface area contributed by atoms with Gasteiger partial charge in [-0.05, 0) is 24.8 Å². The van der Waals surface area contributed by atoms with E-state index in [0.29, 0.717) is 6.54 Å². The predicted molar refractivity (Wildman–Crippen MR) is 73.4 cm³/mol. The van der Waals surface area contributed by atoms with Gasteiger partial charge in [0, 0.05) is 19.6 Å².